The molecule has 6 heteroatoms. The molecule has 0 fully saturated rings. The van der Waals surface area contributed by atoms with E-state index in [4.69, 9.17) is 18.9 Å². The van der Waals surface area contributed by atoms with E-state index in [-0.39, 0.29) is 25.1 Å². The van der Waals surface area contributed by atoms with Crippen LogP contribution in [0, 0.1) is 6.92 Å². The van der Waals surface area contributed by atoms with Gasteiger partial charge in [-0.05, 0) is 38.5 Å². The van der Waals surface area contributed by atoms with Crippen LogP contribution >= 0.6 is 0 Å². The predicted octanol–water partition coefficient (Wildman–Crippen LogP) is 6.13. The fraction of sp³-hybridized carbons (Fsp3) is 0.259. The van der Waals surface area contributed by atoms with Gasteiger partial charge in [-0.3, -0.25) is 0 Å². The Morgan fingerprint density at radius 2 is 1.21 bits per heavy atom. The maximum absolute atomic E-state index is 11.3. The van der Waals surface area contributed by atoms with E-state index >= 15 is 0 Å². The summed E-state index contributed by atoms with van der Waals surface area (Å²) in [5, 5.41) is 25.2. The van der Waals surface area contributed by atoms with E-state index in [1.165, 1.54) is 0 Å². The summed E-state index contributed by atoms with van der Waals surface area (Å²) in [5.41, 5.74) is 1.83. The minimum Gasteiger partial charge on any atom is -0.507 e. The molecule has 0 aliphatic heterocycles. The van der Waals surface area contributed by atoms with Gasteiger partial charge in [-0.2, -0.15) is 0 Å². The second kappa shape index (κ2) is 9.98. The van der Waals surface area contributed by atoms with E-state index in [1.54, 1.807) is 12.1 Å². The number of benzene rings is 4. The fourth-order valence-electron chi connectivity index (χ4n) is 3.96. The zero-order valence-corrected chi connectivity index (χ0v) is 19.1. The minimum atomic E-state index is 0.0485. The fourth-order valence-corrected chi connectivity index (χ4v) is 3.96. The molecule has 0 saturated heterocycles. The first-order valence-electron chi connectivity index (χ1n) is 11.0. The van der Waals surface area contributed by atoms with Crippen LogP contribution in [0.1, 0.15) is 19.4 Å². The zero-order valence-electron chi connectivity index (χ0n) is 19.1. The molecule has 0 atom stereocenters. The SMILES string of the molecule is CCOCOc1cc(-c2cc(OCOCC)c3c(C)cccc3c2O)c(O)c2ccccc12. The van der Waals surface area contributed by atoms with Crippen LogP contribution in [0.3, 0.4) is 0 Å². The molecular weight excluding hydrogens is 420 g/mol. The Hall–Kier alpha value is -3.48. The van der Waals surface area contributed by atoms with Crippen LogP contribution in [-0.2, 0) is 9.47 Å². The monoisotopic (exact) mass is 448 g/mol. The van der Waals surface area contributed by atoms with Crippen molar-refractivity contribution in [2.45, 2.75) is 20.8 Å². The first-order chi connectivity index (χ1) is 16.1. The van der Waals surface area contributed by atoms with Gasteiger partial charge in [-0.15, -0.1) is 0 Å². The molecule has 0 bridgehead atoms. The van der Waals surface area contributed by atoms with Crippen LogP contribution < -0.4 is 9.47 Å². The first kappa shape index (κ1) is 22.7. The van der Waals surface area contributed by atoms with Crippen molar-refractivity contribution in [3.8, 4) is 34.1 Å². The smallest absolute Gasteiger partial charge is 0.189 e. The van der Waals surface area contributed by atoms with Crippen LogP contribution in [-0.4, -0.2) is 37.0 Å². The molecule has 0 unspecified atom stereocenters. The lowest BCUT2D eigenvalue weighted by molar-refractivity contribution is 0.0230. The molecule has 0 amide bonds. The van der Waals surface area contributed by atoms with E-state index in [0.29, 0.717) is 46.6 Å². The molecule has 0 aromatic heterocycles. The van der Waals surface area contributed by atoms with Crippen molar-refractivity contribution < 1.29 is 29.2 Å². The van der Waals surface area contributed by atoms with Crippen molar-refractivity contribution >= 4 is 21.5 Å². The highest BCUT2D eigenvalue weighted by atomic mass is 16.7. The van der Waals surface area contributed by atoms with Gasteiger partial charge in [-0.1, -0.05) is 42.5 Å². The molecule has 4 aromatic rings. The standard InChI is InChI=1S/C27H28O6/c1-4-30-15-32-23-13-21(26(28)19-11-7-6-10-18(19)23)22-14-24(33-16-31-5-2)25-17(3)9-8-12-20(25)27(22)29/h6-14,28-29H,4-5,15-16H2,1-3H3. The van der Waals surface area contributed by atoms with Gasteiger partial charge in [0.05, 0.1) is 0 Å². The summed E-state index contributed by atoms with van der Waals surface area (Å²) in [6.45, 7) is 6.95. The van der Waals surface area contributed by atoms with Gasteiger partial charge in [0.25, 0.3) is 0 Å². The lowest BCUT2D eigenvalue weighted by atomic mass is 9.94. The molecular formula is C27H28O6. The quantitative estimate of drug-likeness (QED) is 0.237. The summed E-state index contributed by atoms with van der Waals surface area (Å²) in [6.07, 6.45) is 0. The highest BCUT2D eigenvalue weighted by Crippen LogP contribution is 2.48. The molecule has 2 N–H and O–H groups in total. The molecule has 0 radical (unpaired) electrons. The second-order valence-corrected chi connectivity index (χ2v) is 7.59. The molecule has 0 aliphatic rings. The predicted molar refractivity (Wildman–Crippen MR) is 129 cm³/mol. The van der Waals surface area contributed by atoms with Gasteiger partial charge in [0, 0.05) is 45.9 Å². The first-order valence-corrected chi connectivity index (χ1v) is 11.0. The average Bonchev–Trinajstić information content (AvgIpc) is 2.83. The van der Waals surface area contributed by atoms with Crippen molar-refractivity contribution in [3.63, 3.8) is 0 Å². The number of ether oxygens (including phenoxy) is 4. The summed E-state index contributed by atoms with van der Waals surface area (Å²) < 4.78 is 22.5. The van der Waals surface area contributed by atoms with Crippen LogP contribution in [0.25, 0.3) is 32.7 Å². The Morgan fingerprint density at radius 1 is 0.667 bits per heavy atom. The average molecular weight is 449 g/mol. The van der Waals surface area contributed by atoms with Crippen molar-refractivity contribution in [1.29, 1.82) is 0 Å². The van der Waals surface area contributed by atoms with Crippen LogP contribution in [0.15, 0.2) is 54.6 Å². The van der Waals surface area contributed by atoms with Crippen molar-refractivity contribution in [3.05, 3.63) is 60.2 Å². The van der Waals surface area contributed by atoms with Crippen molar-refractivity contribution in [1.82, 2.24) is 0 Å². The topological polar surface area (TPSA) is 77.4 Å². The molecule has 172 valence electrons. The number of hydrogen-bond acceptors (Lipinski definition) is 6. The number of hydrogen-bond donors (Lipinski definition) is 2. The van der Waals surface area contributed by atoms with E-state index in [9.17, 15) is 10.2 Å². The maximum atomic E-state index is 11.3. The molecule has 4 aromatic carbocycles. The summed E-state index contributed by atoms with van der Waals surface area (Å²) in [4.78, 5) is 0. The zero-order chi connectivity index (χ0) is 23.4. The number of phenols is 2. The summed E-state index contributed by atoms with van der Waals surface area (Å²) in [6, 6.07) is 16.5. The number of fused-ring (bicyclic) bond motifs is 2. The molecule has 0 aliphatic carbocycles. The van der Waals surface area contributed by atoms with Gasteiger partial charge in [0.15, 0.2) is 13.6 Å². The number of phenolic OH excluding ortho intramolecular Hbond substituents is 2. The van der Waals surface area contributed by atoms with Crippen LogP contribution in [0.4, 0.5) is 0 Å². The number of aryl methyl sites for hydroxylation is 1. The molecule has 4 rings (SSSR count). The Morgan fingerprint density at radius 3 is 1.88 bits per heavy atom. The van der Waals surface area contributed by atoms with E-state index in [1.807, 2.05) is 63.2 Å². The van der Waals surface area contributed by atoms with E-state index in [2.05, 4.69) is 0 Å². The molecule has 0 saturated carbocycles. The highest BCUT2D eigenvalue weighted by Gasteiger charge is 2.21. The Balaban J connectivity index is 1.95. The number of aromatic hydroxyl groups is 2. The summed E-state index contributed by atoms with van der Waals surface area (Å²) in [5.74, 6) is 1.22. The second-order valence-electron chi connectivity index (χ2n) is 7.59. The lowest BCUT2D eigenvalue weighted by Gasteiger charge is -2.18. The third kappa shape index (κ3) is 4.40. The van der Waals surface area contributed by atoms with Gasteiger partial charge >= 0.3 is 0 Å². The number of rotatable bonds is 9. The van der Waals surface area contributed by atoms with E-state index in [0.717, 1.165) is 16.3 Å². The summed E-state index contributed by atoms with van der Waals surface area (Å²) in [7, 11) is 0. The van der Waals surface area contributed by atoms with Gasteiger partial charge < -0.3 is 29.2 Å². The van der Waals surface area contributed by atoms with Gasteiger partial charge in [0.2, 0.25) is 0 Å². The highest BCUT2D eigenvalue weighted by molar-refractivity contribution is 6.05. The van der Waals surface area contributed by atoms with Gasteiger partial charge in [0.1, 0.15) is 23.0 Å². The van der Waals surface area contributed by atoms with Crippen LogP contribution in [0.5, 0.6) is 23.0 Å². The lowest BCUT2D eigenvalue weighted by Crippen LogP contribution is -2.04. The van der Waals surface area contributed by atoms with E-state index < -0.39 is 0 Å². The molecule has 0 heterocycles. The Bertz CT molecular complexity index is 1280. The van der Waals surface area contributed by atoms with Crippen LogP contribution in [0.2, 0.25) is 0 Å². The molecule has 6 nitrogen and oxygen atoms in total. The minimum absolute atomic E-state index is 0.0485. The van der Waals surface area contributed by atoms with Crippen molar-refractivity contribution in [2.75, 3.05) is 26.8 Å². The van der Waals surface area contributed by atoms with Crippen molar-refractivity contribution in [2.24, 2.45) is 0 Å². The molecule has 33 heavy (non-hydrogen) atoms. The Labute approximate surface area is 192 Å². The maximum Gasteiger partial charge on any atom is 0.189 e. The normalized spacial score (nSPS) is 11.2. The summed E-state index contributed by atoms with van der Waals surface area (Å²) >= 11 is 0. The largest absolute Gasteiger partial charge is 0.507 e. The third-order valence-corrected chi connectivity index (χ3v) is 5.58. The molecule has 0 spiro atoms. The Kier molecular flexibility index (Phi) is 6.87. The third-order valence-electron chi connectivity index (χ3n) is 5.58. The van der Waals surface area contributed by atoms with Gasteiger partial charge in [-0.25, -0.2) is 0 Å².